The van der Waals surface area contributed by atoms with Crippen LogP contribution < -0.4 is 4.74 Å². The van der Waals surface area contributed by atoms with Crippen LogP contribution >= 0.6 is 11.3 Å². The number of nitrogens with zero attached hydrogens (tertiary/aromatic N) is 2. The Balaban J connectivity index is 1.32. The molecule has 176 valence electrons. The number of aryl methyl sites for hydroxylation is 1. The quantitative estimate of drug-likeness (QED) is 0.551. The van der Waals surface area contributed by atoms with Crippen LogP contribution in [0.4, 0.5) is 0 Å². The van der Waals surface area contributed by atoms with Gasteiger partial charge in [0.2, 0.25) is 11.8 Å². The summed E-state index contributed by atoms with van der Waals surface area (Å²) in [6.07, 6.45) is 7.44. The van der Waals surface area contributed by atoms with E-state index < -0.39 is 0 Å². The molecule has 2 aliphatic carbocycles. The molecule has 6 heteroatoms. The Morgan fingerprint density at radius 3 is 2.67 bits per heavy atom. The van der Waals surface area contributed by atoms with Crippen LogP contribution in [0.3, 0.4) is 0 Å². The van der Waals surface area contributed by atoms with Gasteiger partial charge in [0.15, 0.2) is 0 Å². The van der Waals surface area contributed by atoms with Crippen molar-refractivity contribution >= 4 is 23.2 Å². The first kappa shape index (κ1) is 22.5. The monoisotopic (exact) mass is 466 g/mol. The summed E-state index contributed by atoms with van der Waals surface area (Å²) in [5.41, 5.74) is 2.29. The van der Waals surface area contributed by atoms with Crippen LogP contribution in [0.2, 0.25) is 0 Å². The van der Waals surface area contributed by atoms with Crippen molar-refractivity contribution in [2.45, 2.75) is 57.9 Å². The maximum absolute atomic E-state index is 13.6. The van der Waals surface area contributed by atoms with Crippen LogP contribution in [-0.4, -0.2) is 47.9 Å². The fourth-order valence-corrected chi connectivity index (χ4v) is 6.22. The molecule has 2 saturated carbocycles. The minimum Gasteiger partial charge on any atom is -0.491 e. The van der Waals surface area contributed by atoms with Gasteiger partial charge in [-0.15, -0.1) is 11.3 Å². The van der Waals surface area contributed by atoms with Crippen LogP contribution in [0.25, 0.3) is 0 Å². The van der Waals surface area contributed by atoms with E-state index in [1.165, 1.54) is 23.3 Å². The van der Waals surface area contributed by atoms with Crippen molar-refractivity contribution in [2.75, 3.05) is 26.2 Å². The Hall–Kier alpha value is -2.34. The van der Waals surface area contributed by atoms with E-state index in [1.807, 2.05) is 41.0 Å². The number of hydrogen-bond acceptors (Lipinski definition) is 4. The molecule has 1 aromatic carbocycles. The molecule has 0 radical (unpaired) electrons. The van der Waals surface area contributed by atoms with Crippen molar-refractivity contribution in [1.82, 2.24) is 9.80 Å². The number of fused-ring (bicyclic) bond motifs is 1. The third-order valence-electron chi connectivity index (χ3n) is 7.42. The zero-order valence-electron chi connectivity index (χ0n) is 19.5. The second-order valence-electron chi connectivity index (χ2n) is 9.87. The van der Waals surface area contributed by atoms with E-state index in [0.29, 0.717) is 19.1 Å². The van der Waals surface area contributed by atoms with Gasteiger partial charge in [0.1, 0.15) is 12.4 Å². The van der Waals surface area contributed by atoms with Gasteiger partial charge in [-0.1, -0.05) is 31.0 Å². The highest BCUT2D eigenvalue weighted by molar-refractivity contribution is 7.10. The first-order valence-corrected chi connectivity index (χ1v) is 13.3. The molecule has 5 rings (SSSR count). The number of thiophene rings is 1. The number of hydrogen-bond donors (Lipinski definition) is 0. The van der Waals surface area contributed by atoms with Gasteiger partial charge in [0, 0.05) is 23.9 Å². The van der Waals surface area contributed by atoms with E-state index in [2.05, 4.69) is 11.4 Å². The Morgan fingerprint density at radius 2 is 1.91 bits per heavy atom. The molecule has 5 nitrogen and oxygen atoms in total. The molecule has 0 bridgehead atoms. The Bertz CT molecular complexity index is 993. The highest BCUT2D eigenvalue weighted by Crippen LogP contribution is 2.35. The van der Waals surface area contributed by atoms with E-state index in [1.54, 1.807) is 11.3 Å². The predicted molar refractivity (Wildman–Crippen MR) is 130 cm³/mol. The molecule has 2 amide bonds. The van der Waals surface area contributed by atoms with Gasteiger partial charge in [0.25, 0.3) is 0 Å². The lowest BCUT2D eigenvalue weighted by Crippen LogP contribution is -2.49. The van der Waals surface area contributed by atoms with Crippen molar-refractivity contribution in [3.63, 3.8) is 0 Å². The Labute approximate surface area is 200 Å². The lowest BCUT2D eigenvalue weighted by Gasteiger charge is -2.37. The van der Waals surface area contributed by atoms with Crippen molar-refractivity contribution < 1.29 is 14.3 Å². The summed E-state index contributed by atoms with van der Waals surface area (Å²) in [6.45, 7) is 4.09. The van der Waals surface area contributed by atoms with Gasteiger partial charge < -0.3 is 14.5 Å². The average Bonchev–Trinajstić information content (AvgIpc) is 3.26. The Morgan fingerprint density at radius 1 is 1.12 bits per heavy atom. The van der Waals surface area contributed by atoms with Gasteiger partial charge in [-0.05, 0) is 73.6 Å². The third-order valence-corrected chi connectivity index (χ3v) is 8.42. The molecular formula is C27H34N2O3S. The fourth-order valence-electron chi connectivity index (χ4n) is 5.29. The molecule has 0 unspecified atom stereocenters. The molecular weight excluding hydrogens is 432 g/mol. The topological polar surface area (TPSA) is 49.9 Å². The molecule has 1 aromatic heterocycles. The minimum atomic E-state index is -0.114. The lowest BCUT2D eigenvalue weighted by atomic mass is 10.00. The van der Waals surface area contributed by atoms with Crippen LogP contribution in [0, 0.1) is 18.8 Å². The first-order valence-electron chi connectivity index (χ1n) is 12.4. The molecule has 2 aromatic rings. The van der Waals surface area contributed by atoms with Gasteiger partial charge >= 0.3 is 0 Å². The maximum Gasteiger partial charge on any atom is 0.242 e. The largest absolute Gasteiger partial charge is 0.491 e. The summed E-state index contributed by atoms with van der Waals surface area (Å²) < 4.78 is 6.22. The first-order chi connectivity index (χ1) is 16.1. The Kier molecular flexibility index (Phi) is 6.72. The summed E-state index contributed by atoms with van der Waals surface area (Å²) in [5.74, 6) is 1.81. The van der Waals surface area contributed by atoms with E-state index in [0.717, 1.165) is 50.0 Å². The van der Waals surface area contributed by atoms with Gasteiger partial charge in [-0.3, -0.25) is 9.59 Å². The normalized spacial score (nSPS) is 20.5. The molecule has 2 fully saturated rings. The van der Waals surface area contributed by atoms with Crippen LogP contribution in [-0.2, 0) is 16.0 Å². The number of ether oxygens (including phenoxy) is 1. The van der Waals surface area contributed by atoms with Gasteiger partial charge in [-0.2, -0.15) is 0 Å². The number of rotatable bonds is 8. The van der Waals surface area contributed by atoms with E-state index >= 15 is 0 Å². The number of benzene rings is 1. The molecule has 33 heavy (non-hydrogen) atoms. The maximum atomic E-state index is 13.6. The number of carbonyl (C=O) groups excluding carboxylic acids is 2. The molecule has 0 N–H and O–H groups in total. The molecule has 2 heterocycles. The molecule has 1 atom stereocenters. The third kappa shape index (κ3) is 5.11. The summed E-state index contributed by atoms with van der Waals surface area (Å²) in [6, 6.07) is 10.0. The van der Waals surface area contributed by atoms with Crippen LogP contribution in [0.15, 0.2) is 35.7 Å². The highest BCUT2D eigenvalue weighted by atomic mass is 32.1. The van der Waals surface area contributed by atoms with E-state index in [9.17, 15) is 9.59 Å². The standard InChI is InChI=1S/C27H34N2O3S/c1-19-6-2-5-9-24(19)32-18-23-22-13-15-33-25(22)12-14-29(23)26(30)17-28(16-20-10-11-20)27(31)21-7-3-4-8-21/h2,5-6,9,13,15,20-21,23H,3-4,7-8,10-12,14,16-18H2,1H3/t23-/m1/s1. The van der Waals surface area contributed by atoms with Crippen molar-refractivity contribution in [3.05, 3.63) is 51.7 Å². The van der Waals surface area contributed by atoms with Crippen molar-refractivity contribution in [1.29, 1.82) is 0 Å². The second kappa shape index (κ2) is 9.88. The van der Waals surface area contributed by atoms with Crippen LogP contribution in [0.1, 0.15) is 60.6 Å². The molecule has 3 aliphatic rings. The van der Waals surface area contributed by atoms with E-state index in [4.69, 9.17) is 4.74 Å². The van der Waals surface area contributed by atoms with E-state index in [-0.39, 0.29) is 30.3 Å². The SMILES string of the molecule is Cc1ccccc1OC[C@@H]1c2ccsc2CCN1C(=O)CN(CC1CC1)C(=O)C1CCCC1. The average molecular weight is 467 g/mol. The lowest BCUT2D eigenvalue weighted by molar-refractivity contribution is -0.145. The van der Waals surface area contributed by atoms with Crippen molar-refractivity contribution in [3.8, 4) is 5.75 Å². The van der Waals surface area contributed by atoms with Crippen molar-refractivity contribution in [2.24, 2.45) is 11.8 Å². The number of amides is 2. The molecule has 0 spiro atoms. The summed E-state index contributed by atoms with van der Waals surface area (Å²) in [7, 11) is 0. The molecule has 0 saturated heterocycles. The highest BCUT2D eigenvalue weighted by Gasteiger charge is 2.36. The van der Waals surface area contributed by atoms with Crippen LogP contribution in [0.5, 0.6) is 5.75 Å². The summed E-state index contributed by atoms with van der Waals surface area (Å²) >= 11 is 1.76. The number of carbonyl (C=O) groups is 2. The zero-order chi connectivity index (χ0) is 22.8. The second-order valence-corrected chi connectivity index (χ2v) is 10.9. The van der Waals surface area contributed by atoms with Gasteiger partial charge in [0.05, 0.1) is 12.6 Å². The summed E-state index contributed by atoms with van der Waals surface area (Å²) in [5, 5.41) is 2.11. The molecule has 1 aliphatic heterocycles. The smallest absolute Gasteiger partial charge is 0.242 e. The predicted octanol–water partition coefficient (Wildman–Crippen LogP) is 4.99. The van der Waals surface area contributed by atoms with Gasteiger partial charge in [-0.25, -0.2) is 0 Å². The number of para-hydroxylation sites is 1. The fraction of sp³-hybridized carbons (Fsp3) is 0.556. The zero-order valence-corrected chi connectivity index (χ0v) is 20.3. The minimum absolute atomic E-state index is 0.0530. The summed E-state index contributed by atoms with van der Waals surface area (Å²) in [4.78, 5) is 32.1.